The second-order valence-corrected chi connectivity index (χ2v) is 7.85. The molecule has 3 nitrogen and oxygen atoms in total. The highest BCUT2D eigenvalue weighted by atomic mass is 32.1. The molecule has 4 heteroatoms. The van der Waals surface area contributed by atoms with Crippen LogP contribution in [0.2, 0.25) is 0 Å². The third-order valence-electron chi connectivity index (χ3n) is 5.25. The summed E-state index contributed by atoms with van der Waals surface area (Å²) in [6, 6.07) is 17.1. The molecule has 26 heavy (non-hydrogen) atoms. The number of anilines is 1. The predicted octanol–water partition coefficient (Wildman–Crippen LogP) is 4.75. The van der Waals surface area contributed by atoms with E-state index in [4.69, 9.17) is 4.98 Å². The predicted molar refractivity (Wildman–Crippen MR) is 111 cm³/mol. The lowest BCUT2D eigenvalue weighted by Gasteiger charge is -2.36. The summed E-state index contributed by atoms with van der Waals surface area (Å²) in [7, 11) is 0. The Morgan fingerprint density at radius 2 is 1.69 bits per heavy atom. The van der Waals surface area contributed by atoms with Gasteiger partial charge < -0.3 is 4.90 Å². The number of nitrogens with zero attached hydrogens (tertiary/aromatic N) is 3. The lowest BCUT2D eigenvalue weighted by Crippen LogP contribution is -2.46. The highest BCUT2D eigenvalue weighted by molar-refractivity contribution is 7.13. The van der Waals surface area contributed by atoms with E-state index in [0.29, 0.717) is 0 Å². The van der Waals surface area contributed by atoms with Crippen LogP contribution in [0.3, 0.4) is 0 Å². The average molecular weight is 364 g/mol. The number of thiazole rings is 1. The zero-order chi connectivity index (χ0) is 17.9. The molecule has 1 aliphatic rings. The first-order valence-corrected chi connectivity index (χ1v) is 10.1. The van der Waals surface area contributed by atoms with Gasteiger partial charge >= 0.3 is 0 Å². The van der Waals surface area contributed by atoms with E-state index in [-0.39, 0.29) is 0 Å². The number of aromatic nitrogens is 1. The van der Waals surface area contributed by atoms with Crippen LogP contribution in [-0.4, -0.2) is 36.1 Å². The number of piperazine rings is 1. The molecule has 0 saturated carbocycles. The van der Waals surface area contributed by atoms with Gasteiger partial charge in [-0.15, -0.1) is 11.3 Å². The number of hydrogen-bond acceptors (Lipinski definition) is 4. The van der Waals surface area contributed by atoms with Gasteiger partial charge in [0.05, 0.1) is 5.69 Å². The van der Waals surface area contributed by atoms with Crippen LogP contribution in [0.1, 0.15) is 16.8 Å². The van der Waals surface area contributed by atoms with Crippen molar-refractivity contribution in [2.24, 2.45) is 0 Å². The molecule has 2 aromatic carbocycles. The Morgan fingerprint density at radius 3 is 2.46 bits per heavy atom. The Hall–Kier alpha value is -2.17. The van der Waals surface area contributed by atoms with Crippen LogP contribution in [0.4, 0.5) is 5.69 Å². The first-order valence-electron chi connectivity index (χ1n) is 9.24. The molecule has 0 unspecified atom stereocenters. The molecule has 1 saturated heterocycles. The lowest BCUT2D eigenvalue weighted by atomic mass is 10.1. The molecule has 1 aromatic heterocycles. The van der Waals surface area contributed by atoms with Crippen LogP contribution in [0.25, 0.3) is 10.6 Å². The first kappa shape index (κ1) is 17.3. The first-order chi connectivity index (χ1) is 12.7. The van der Waals surface area contributed by atoms with E-state index >= 15 is 0 Å². The Kier molecular flexibility index (Phi) is 5.05. The molecular weight excluding hydrogens is 338 g/mol. The Balaban J connectivity index is 1.37. The van der Waals surface area contributed by atoms with Crippen LogP contribution in [0, 0.1) is 13.8 Å². The van der Waals surface area contributed by atoms with Gasteiger partial charge in [-0.3, -0.25) is 4.90 Å². The van der Waals surface area contributed by atoms with Gasteiger partial charge in [0.2, 0.25) is 0 Å². The fourth-order valence-corrected chi connectivity index (χ4v) is 4.36. The van der Waals surface area contributed by atoms with E-state index < -0.39 is 0 Å². The second-order valence-electron chi connectivity index (χ2n) is 6.99. The van der Waals surface area contributed by atoms with Gasteiger partial charge in [-0.2, -0.15) is 0 Å². The maximum absolute atomic E-state index is 4.84. The summed E-state index contributed by atoms with van der Waals surface area (Å²) in [5.74, 6) is 0. The quantitative estimate of drug-likeness (QED) is 0.667. The Bertz CT molecular complexity index is 864. The molecule has 1 aliphatic heterocycles. The fourth-order valence-electron chi connectivity index (χ4n) is 3.55. The maximum atomic E-state index is 4.84. The van der Waals surface area contributed by atoms with E-state index in [9.17, 15) is 0 Å². The molecule has 4 rings (SSSR count). The molecule has 1 fully saturated rings. The van der Waals surface area contributed by atoms with Crippen LogP contribution in [0.15, 0.2) is 53.9 Å². The molecule has 0 N–H and O–H groups in total. The molecule has 134 valence electrons. The topological polar surface area (TPSA) is 19.4 Å². The normalized spacial score (nSPS) is 15.4. The minimum atomic E-state index is 0.948. The van der Waals surface area contributed by atoms with E-state index in [2.05, 4.69) is 71.5 Å². The average Bonchev–Trinajstić information content (AvgIpc) is 3.14. The van der Waals surface area contributed by atoms with Gasteiger partial charge in [0.15, 0.2) is 0 Å². The SMILES string of the molecule is Cc1cccc(N2CCN(Cc3csc(-c4ccccc4)n3)CC2)c1C. The number of rotatable bonds is 4. The van der Waals surface area contributed by atoms with E-state index in [1.165, 1.54) is 28.1 Å². The van der Waals surface area contributed by atoms with Gasteiger partial charge in [0, 0.05) is 49.4 Å². The Labute approximate surface area is 159 Å². The summed E-state index contributed by atoms with van der Waals surface area (Å²) < 4.78 is 0. The largest absolute Gasteiger partial charge is 0.369 e. The summed E-state index contributed by atoms with van der Waals surface area (Å²) in [6.07, 6.45) is 0. The van der Waals surface area contributed by atoms with Crippen LogP contribution < -0.4 is 4.90 Å². The number of benzene rings is 2. The highest BCUT2D eigenvalue weighted by Crippen LogP contribution is 2.26. The minimum absolute atomic E-state index is 0.948. The van der Waals surface area contributed by atoms with Crippen LogP contribution in [-0.2, 0) is 6.54 Å². The maximum Gasteiger partial charge on any atom is 0.123 e. The van der Waals surface area contributed by atoms with Crippen LogP contribution in [0.5, 0.6) is 0 Å². The lowest BCUT2D eigenvalue weighted by molar-refractivity contribution is 0.247. The molecule has 0 spiro atoms. The molecule has 2 heterocycles. The van der Waals surface area contributed by atoms with Crippen molar-refractivity contribution in [2.75, 3.05) is 31.1 Å². The van der Waals surface area contributed by atoms with Crippen molar-refractivity contribution in [3.8, 4) is 10.6 Å². The summed E-state index contributed by atoms with van der Waals surface area (Å²) in [6.45, 7) is 9.72. The van der Waals surface area contributed by atoms with E-state index in [1.54, 1.807) is 11.3 Å². The molecule has 0 radical (unpaired) electrons. The Morgan fingerprint density at radius 1 is 0.923 bits per heavy atom. The van der Waals surface area contributed by atoms with Gasteiger partial charge in [-0.1, -0.05) is 42.5 Å². The number of aryl methyl sites for hydroxylation is 1. The third-order valence-corrected chi connectivity index (χ3v) is 6.19. The van der Waals surface area contributed by atoms with E-state index in [1.807, 2.05) is 6.07 Å². The second kappa shape index (κ2) is 7.60. The molecule has 0 atom stereocenters. The van der Waals surface area contributed by atoms with Crippen molar-refractivity contribution in [3.05, 3.63) is 70.7 Å². The summed E-state index contributed by atoms with van der Waals surface area (Å²) in [5.41, 5.74) is 6.58. The van der Waals surface area contributed by atoms with Crippen molar-refractivity contribution in [3.63, 3.8) is 0 Å². The third kappa shape index (κ3) is 3.67. The fraction of sp³-hybridized carbons (Fsp3) is 0.318. The molecule has 0 aliphatic carbocycles. The summed E-state index contributed by atoms with van der Waals surface area (Å²) in [4.78, 5) is 9.88. The van der Waals surface area contributed by atoms with Crippen LogP contribution >= 0.6 is 11.3 Å². The van der Waals surface area contributed by atoms with Crippen molar-refractivity contribution >= 4 is 17.0 Å². The standard InChI is InChI=1S/C22H25N3S/c1-17-7-6-10-21(18(17)2)25-13-11-24(12-14-25)15-20-16-26-22(23-20)19-8-4-3-5-9-19/h3-10,16H,11-15H2,1-2H3. The van der Waals surface area contributed by atoms with Gasteiger partial charge in [0.1, 0.15) is 5.01 Å². The van der Waals surface area contributed by atoms with Crippen molar-refractivity contribution in [1.82, 2.24) is 9.88 Å². The molecular formula is C22H25N3S. The summed E-state index contributed by atoms with van der Waals surface area (Å²) in [5, 5.41) is 3.33. The van der Waals surface area contributed by atoms with Crippen molar-refractivity contribution in [1.29, 1.82) is 0 Å². The molecule has 0 bridgehead atoms. The summed E-state index contributed by atoms with van der Waals surface area (Å²) >= 11 is 1.74. The smallest absolute Gasteiger partial charge is 0.123 e. The molecule has 3 aromatic rings. The number of hydrogen-bond donors (Lipinski definition) is 0. The zero-order valence-corrected chi connectivity index (χ0v) is 16.3. The minimum Gasteiger partial charge on any atom is -0.369 e. The van der Waals surface area contributed by atoms with Gasteiger partial charge in [0.25, 0.3) is 0 Å². The van der Waals surface area contributed by atoms with Crippen molar-refractivity contribution in [2.45, 2.75) is 20.4 Å². The molecule has 0 amide bonds. The zero-order valence-electron chi connectivity index (χ0n) is 15.5. The highest BCUT2D eigenvalue weighted by Gasteiger charge is 2.19. The van der Waals surface area contributed by atoms with Gasteiger partial charge in [-0.25, -0.2) is 4.98 Å². The monoisotopic (exact) mass is 363 g/mol. The van der Waals surface area contributed by atoms with E-state index in [0.717, 1.165) is 37.7 Å². The van der Waals surface area contributed by atoms with Gasteiger partial charge in [-0.05, 0) is 31.0 Å². The van der Waals surface area contributed by atoms with Crippen molar-refractivity contribution < 1.29 is 0 Å².